The van der Waals surface area contributed by atoms with Gasteiger partial charge in [-0.05, 0) is 61.2 Å². The van der Waals surface area contributed by atoms with Crippen LogP contribution in [0, 0.1) is 0 Å². The standard InChI is InChI=1S/C24H25N3O2/c28-24-21-8-2-3-9-22(21)25-23(27(24)17-20-7-6-16-29-20)18-10-12-19(13-11-18)26-14-4-1-5-15-26/h2-3,6-13,16,23,25H,1,4-5,14-15,17H2. The lowest BCUT2D eigenvalue weighted by Crippen LogP contribution is -2.42. The quantitative estimate of drug-likeness (QED) is 0.682. The normalized spacial score (nSPS) is 19.0. The second-order valence-corrected chi connectivity index (χ2v) is 7.74. The van der Waals surface area contributed by atoms with Crippen LogP contribution in [0.15, 0.2) is 71.3 Å². The van der Waals surface area contributed by atoms with Crippen molar-refractivity contribution in [1.29, 1.82) is 0 Å². The van der Waals surface area contributed by atoms with E-state index in [1.807, 2.05) is 41.3 Å². The Morgan fingerprint density at radius 3 is 2.48 bits per heavy atom. The highest BCUT2D eigenvalue weighted by Gasteiger charge is 2.33. The highest BCUT2D eigenvalue weighted by Crippen LogP contribution is 2.35. The van der Waals surface area contributed by atoms with E-state index in [9.17, 15) is 4.79 Å². The molecule has 1 fully saturated rings. The first kappa shape index (κ1) is 17.9. The molecule has 1 aromatic heterocycles. The van der Waals surface area contributed by atoms with Crippen molar-refractivity contribution >= 4 is 17.3 Å². The van der Waals surface area contributed by atoms with Crippen LogP contribution in [0.25, 0.3) is 0 Å². The third-order valence-corrected chi connectivity index (χ3v) is 5.86. The summed E-state index contributed by atoms with van der Waals surface area (Å²) >= 11 is 0. The molecule has 0 bridgehead atoms. The van der Waals surface area contributed by atoms with Crippen LogP contribution in [0.2, 0.25) is 0 Å². The smallest absolute Gasteiger partial charge is 0.258 e. The summed E-state index contributed by atoms with van der Waals surface area (Å²) in [4.78, 5) is 17.6. The number of piperidine rings is 1. The molecule has 5 rings (SSSR count). The van der Waals surface area contributed by atoms with E-state index in [1.54, 1.807) is 6.26 Å². The number of hydrogen-bond donors (Lipinski definition) is 1. The summed E-state index contributed by atoms with van der Waals surface area (Å²) < 4.78 is 5.53. The Morgan fingerprint density at radius 2 is 1.72 bits per heavy atom. The van der Waals surface area contributed by atoms with Crippen LogP contribution in [0.1, 0.15) is 47.1 Å². The van der Waals surface area contributed by atoms with Crippen molar-refractivity contribution < 1.29 is 9.21 Å². The Kier molecular flexibility index (Phi) is 4.72. The van der Waals surface area contributed by atoms with Crippen LogP contribution >= 0.6 is 0 Å². The summed E-state index contributed by atoms with van der Waals surface area (Å²) in [6, 6.07) is 20.1. The maximum Gasteiger partial charge on any atom is 0.258 e. The number of para-hydroxylation sites is 1. The average Bonchev–Trinajstić information content (AvgIpc) is 3.30. The van der Waals surface area contributed by atoms with Crippen molar-refractivity contribution in [2.24, 2.45) is 0 Å². The molecule has 1 unspecified atom stereocenters. The lowest BCUT2D eigenvalue weighted by atomic mass is 10.0. The number of anilines is 2. The zero-order valence-electron chi connectivity index (χ0n) is 16.4. The molecule has 5 heteroatoms. The van der Waals surface area contributed by atoms with E-state index in [0.29, 0.717) is 12.1 Å². The van der Waals surface area contributed by atoms with Gasteiger partial charge in [0.1, 0.15) is 11.9 Å². The molecule has 2 aromatic carbocycles. The summed E-state index contributed by atoms with van der Waals surface area (Å²) in [6.07, 6.45) is 5.25. The molecule has 3 aromatic rings. The fourth-order valence-electron chi connectivity index (χ4n) is 4.31. The molecule has 1 N–H and O–H groups in total. The van der Waals surface area contributed by atoms with Crippen LogP contribution in [0.4, 0.5) is 11.4 Å². The van der Waals surface area contributed by atoms with Gasteiger partial charge in [0.05, 0.1) is 18.4 Å². The minimum absolute atomic E-state index is 0.0147. The van der Waals surface area contributed by atoms with Crippen LogP contribution in [-0.2, 0) is 6.54 Å². The van der Waals surface area contributed by atoms with Crippen LogP contribution in [0.3, 0.4) is 0 Å². The van der Waals surface area contributed by atoms with Crippen molar-refractivity contribution in [2.45, 2.75) is 32.0 Å². The number of nitrogens with zero attached hydrogens (tertiary/aromatic N) is 2. The van der Waals surface area contributed by atoms with E-state index < -0.39 is 0 Å². The molecule has 1 amide bonds. The largest absolute Gasteiger partial charge is 0.467 e. The number of rotatable bonds is 4. The topological polar surface area (TPSA) is 48.7 Å². The first-order chi connectivity index (χ1) is 14.3. The Balaban J connectivity index is 1.46. The van der Waals surface area contributed by atoms with E-state index in [-0.39, 0.29) is 12.1 Å². The van der Waals surface area contributed by atoms with Gasteiger partial charge >= 0.3 is 0 Å². The zero-order valence-corrected chi connectivity index (χ0v) is 16.4. The maximum atomic E-state index is 13.3. The molecule has 0 aliphatic carbocycles. The second kappa shape index (κ2) is 7.66. The molecule has 0 radical (unpaired) electrons. The molecule has 0 spiro atoms. The van der Waals surface area contributed by atoms with Crippen LogP contribution in [0.5, 0.6) is 0 Å². The molecular weight excluding hydrogens is 362 g/mol. The van der Waals surface area contributed by atoms with E-state index in [0.717, 1.165) is 30.1 Å². The van der Waals surface area contributed by atoms with Gasteiger partial charge in [0, 0.05) is 24.5 Å². The fourth-order valence-corrected chi connectivity index (χ4v) is 4.31. The molecule has 5 nitrogen and oxygen atoms in total. The Labute approximate surface area is 170 Å². The molecule has 2 aliphatic rings. The summed E-state index contributed by atoms with van der Waals surface area (Å²) in [5.74, 6) is 0.787. The monoisotopic (exact) mass is 387 g/mol. The molecule has 0 saturated carbocycles. The predicted octanol–water partition coefficient (Wildman–Crippen LogP) is 5.04. The van der Waals surface area contributed by atoms with Crippen molar-refractivity contribution in [3.63, 3.8) is 0 Å². The minimum atomic E-state index is -0.238. The number of furan rings is 1. The first-order valence-corrected chi connectivity index (χ1v) is 10.3. The van der Waals surface area contributed by atoms with Crippen LogP contribution in [-0.4, -0.2) is 23.9 Å². The van der Waals surface area contributed by atoms with E-state index in [4.69, 9.17) is 4.42 Å². The number of fused-ring (bicyclic) bond motifs is 1. The van der Waals surface area contributed by atoms with Gasteiger partial charge in [-0.15, -0.1) is 0 Å². The Bertz CT molecular complexity index is 976. The highest BCUT2D eigenvalue weighted by molar-refractivity contribution is 6.01. The van der Waals surface area contributed by atoms with Gasteiger partial charge in [-0.25, -0.2) is 0 Å². The van der Waals surface area contributed by atoms with E-state index >= 15 is 0 Å². The van der Waals surface area contributed by atoms with Gasteiger partial charge in [0.25, 0.3) is 5.91 Å². The fraction of sp³-hybridized carbons (Fsp3) is 0.292. The van der Waals surface area contributed by atoms with Gasteiger partial charge in [-0.3, -0.25) is 4.79 Å². The third-order valence-electron chi connectivity index (χ3n) is 5.86. The molecular formula is C24H25N3O2. The van der Waals surface area contributed by atoms with Gasteiger partial charge in [-0.2, -0.15) is 0 Å². The Hall–Kier alpha value is -3.21. The number of hydrogen-bond acceptors (Lipinski definition) is 4. The number of carbonyl (C=O) groups excluding carboxylic acids is 1. The van der Waals surface area contributed by atoms with Crippen LogP contribution < -0.4 is 10.2 Å². The van der Waals surface area contributed by atoms with Gasteiger partial charge in [-0.1, -0.05) is 24.3 Å². The number of nitrogens with one attached hydrogen (secondary N) is 1. The molecule has 148 valence electrons. The molecule has 2 aliphatic heterocycles. The average molecular weight is 387 g/mol. The molecule has 29 heavy (non-hydrogen) atoms. The van der Waals surface area contributed by atoms with E-state index in [2.05, 4.69) is 34.5 Å². The second-order valence-electron chi connectivity index (χ2n) is 7.74. The lowest BCUT2D eigenvalue weighted by molar-refractivity contribution is 0.0651. The van der Waals surface area contributed by atoms with Crippen molar-refractivity contribution in [1.82, 2.24) is 4.90 Å². The molecule has 3 heterocycles. The number of benzene rings is 2. The molecule has 1 atom stereocenters. The van der Waals surface area contributed by atoms with Crippen molar-refractivity contribution in [2.75, 3.05) is 23.3 Å². The van der Waals surface area contributed by atoms with Crippen molar-refractivity contribution in [3.8, 4) is 0 Å². The number of carbonyl (C=O) groups is 1. The summed E-state index contributed by atoms with van der Waals surface area (Å²) in [5.41, 5.74) is 3.90. The third kappa shape index (κ3) is 3.48. The van der Waals surface area contributed by atoms with Gasteiger partial charge in [0.2, 0.25) is 0 Å². The zero-order chi connectivity index (χ0) is 19.6. The predicted molar refractivity (Wildman–Crippen MR) is 114 cm³/mol. The first-order valence-electron chi connectivity index (χ1n) is 10.3. The van der Waals surface area contributed by atoms with Gasteiger partial charge in [0.15, 0.2) is 0 Å². The summed E-state index contributed by atoms with van der Waals surface area (Å²) in [5, 5.41) is 3.56. The maximum absolute atomic E-state index is 13.3. The lowest BCUT2D eigenvalue weighted by Gasteiger charge is -2.38. The highest BCUT2D eigenvalue weighted by atomic mass is 16.3. The number of amides is 1. The Morgan fingerprint density at radius 1 is 0.931 bits per heavy atom. The summed E-state index contributed by atoms with van der Waals surface area (Å²) in [7, 11) is 0. The molecule has 1 saturated heterocycles. The SMILES string of the molecule is O=C1c2ccccc2NC(c2ccc(N3CCCCC3)cc2)N1Cc1ccco1. The summed E-state index contributed by atoms with van der Waals surface area (Å²) in [6.45, 7) is 2.67. The van der Waals surface area contributed by atoms with E-state index in [1.165, 1.54) is 24.9 Å². The van der Waals surface area contributed by atoms with Crippen molar-refractivity contribution in [3.05, 3.63) is 83.8 Å². The minimum Gasteiger partial charge on any atom is -0.467 e. The van der Waals surface area contributed by atoms with Gasteiger partial charge < -0.3 is 19.5 Å².